The highest BCUT2D eigenvalue weighted by Gasteiger charge is 2.13. The second-order valence-corrected chi connectivity index (χ2v) is 7.40. The summed E-state index contributed by atoms with van der Waals surface area (Å²) in [5, 5.41) is 5.05. The highest BCUT2D eigenvalue weighted by molar-refractivity contribution is 6.36. The first kappa shape index (κ1) is 22.6. The molecule has 0 radical (unpaired) electrons. The number of hydrogen-bond acceptors (Lipinski definition) is 5. The second kappa shape index (κ2) is 10.8. The molecule has 9 heteroatoms. The van der Waals surface area contributed by atoms with Crippen molar-refractivity contribution in [3.05, 3.63) is 92.9 Å². The maximum atomic E-state index is 12.3. The number of esters is 1. The van der Waals surface area contributed by atoms with E-state index in [1.165, 1.54) is 18.3 Å². The summed E-state index contributed by atoms with van der Waals surface area (Å²) in [6.45, 7) is -0.210. The minimum absolute atomic E-state index is 0.193. The maximum Gasteiger partial charge on any atom is 0.345 e. The van der Waals surface area contributed by atoms with Gasteiger partial charge in [-0.1, -0.05) is 46.9 Å². The predicted octanol–water partition coefficient (Wildman–Crippen LogP) is 5.40. The number of hydrazone groups is 1. The van der Waals surface area contributed by atoms with Gasteiger partial charge in [0.05, 0.1) is 16.8 Å². The van der Waals surface area contributed by atoms with Gasteiger partial charge in [-0.05, 0) is 60.2 Å². The molecule has 3 aromatic carbocycles. The average Bonchev–Trinajstić information content (AvgIpc) is 2.73. The van der Waals surface area contributed by atoms with Gasteiger partial charge < -0.3 is 9.47 Å². The predicted molar refractivity (Wildman–Crippen MR) is 121 cm³/mol. The first-order chi connectivity index (χ1) is 14.9. The van der Waals surface area contributed by atoms with Gasteiger partial charge in [0.2, 0.25) is 0 Å². The van der Waals surface area contributed by atoms with Gasteiger partial charge in [-0.25, -0.2) is 10.2 Å². The Hall–Kier alpha value is -3.06. The largest absolute Gasteiger partial charge is 0.484 e. The lowest BCUT2D eigenvalue weighted by Crippen LogP contribution is -2.24. The van der Waals surface area contributed by atoms with E-state index in [1.54, 1.807) is 54.6 Å². The number of rotatable bonds is 7. The molecule has 31 heavy (non-hydrogen) atoms. The molecule has 0 aliphatic heterocycles. The molecule has 0 atom stereocenters. The minimum atomic E-state index is -0.622. The highest BCUT2D eigenvalue weighted by Crippen LogP contribution is 2.23. The number of ether oxygens (including phenoxy) is 2. The van der Waals surface area contributed by atoms with Crippen molar-refractivity contribution in [2.45, 2.75) is 0 Å². The Kier molecular flexibility index (Phi) is 7.89. The third kappa shape index (κ3) is 7.00. The number of carbonyl (C=O) groups is 2. The van der Waals surface area contributed by atoms with E-state index in [-0.39, 0.29) is 22.9 Å². The Labute approximate surface area is 193 Å². The van der Waals surface area contributed by atoms with E-state index in [1.807, 2.05) is 0 Å². The van der Waals surface area contributed by atoms with Crippen LogP contribution in [0.3, 0.4) is 0 Å². The minimum Gasteiger partial charge on any atom is -0.484 e. The van der Waals surface area contributed by atoms with Gasteiger partial charge in [-0.15, -0.1) is 0 Å². The van der Waals surface area contributed by atoms with Crippen LogP contribution < -0.4 is 14.9 Å². The van der Waals surface area contributed by atoms with Crippen LogP contribution in [-0.2, 0) is 4.79 Å². The fraction of sp³-hybridized carbons (Fsp3) is 0.0455. The molecule has 6 nitrogen and oxygen atoms in total. The fourth-order valence-corrected chi connectivity index (χ4v) is 2.98. The molecule has 3 aromatic rings. The summed E-state index contributed by atoms with van der Waals surface area (Å²) >= 11 is 17.7. The monoisotopic (exact) mass is 476 g/mol. The maximum absolute atomic E-state index is 12.3. The number of halogens is 3. The third-order valence-corrected chi connectivity index (χ3v) is 4.61. The molecule has 0 saturated carbocycles. The Morgan fingerprint density at radius 1 is 0.903 bits per heavy atom. The molecule has 0 aliphatic rings. The lowest BCUT2D eigenvalue weighted by Gasteiger charge is -2.07. The first-order valence-electron chi connectivity index (χ1n) is 8.88. The molecule has 0 bridgehead atoms. The van der Waals surface area contributed by atoms with Gasteiger partial charge >= 0.3 is 5.97 Å². The number of carbonyl (C=O) groups excluding carboxylic acids is 2. The molecule has 3 rings (SSSR count). The topological polar surface area (TPSA) is 77.0 Å². The van der Waals surface area contributed by atoms with E-state index in [9.17, 15) is 9.59 Å². The van der Waals surface area contributed by atoms with Crippen molar-refractivity contribution in [2.24, 2.45) is 5.10 Å². The molecular formula is C22H15Cl3N2O4. The molecule has 0 unspecified atom stereocenters. The lowest BCUT2D eigenvalue weighted by atomic mass is 10.2. The Morgan fingerprint density at radius 2 is 1.65 bits per heavy atom. The standard InChI is InChI=1S/C22H15Cl3N2O4/c23-15-4-7-17(8-5-15)30-13-21(28)27-26-12-14-2-1-3-18(10-14)31-22(29)19-9-6-16(24)11-20(19)25/h1-12H,13H2,(H,27,28)/b26-12+. The van der Waals surface area contributed by atoms with Crippen molar-refractivity contribution in [3.63, 3.8) is 0 Å². The van der Waals surface area contributed by atoms with E-state index in [2.05, 4.69) is 10.5 Å². The van der Waals surface area contributed by atoms with E-state index < -0.39 is 11.9 Å². The molecule has 0 aliphatic carbocycles. The van der Waals surface area contributed by atoms with Crippen molar-refractivity contribution in [3.8, 4) is 11.5 Å². The number of hydrogen-bond donors (Lipinski definition) is 1. The van der Waals surface area contributed by atoms with Crippen LogP contribution in [0.25, 0.3) is 0 Å². The van der Waals surface area contributed by atoms with Gasteiger partial charge in [-0.3, -0.25) is 4.79 Å². The van der Waals surface area contributed by atoms with E-state index >= 15 is 0 Å². The zero-order valence-electron chi connectivity index (χ0n) is 15.8. The van der Waals surface area contributed by atoms with Gasteiger partial charge in [-0.2, -0.15) is 5.10 Å². The highest BCUT2D eigenvalue weighted by atomic mass is 35.5. The Bertz CT molecular complexity index is 1120. The summed E-state index contributed by atoms with van der Waals surface area (Å²) < 4.78 is 10.7. The molecule has 0 heterocycles. The van der Waals surface area contributed by atoms with Crippen molar-refractivity contribution in [1.82, 2.24) is 5.43 Å². The fourth-order valence-electron chi connectivity index (χ4n) is 2.37. The normalized spacial score (nSPS) is 10.7. The van der Waals surface area contributed by atoms with Gasteiger partial charge in [0, 0.05) is 10.0 Å². The summed E-state index contributed by atoms with van der Waals surface area (Å²) in [7, 11) is 0. The van der Waals surface area contributed by atoms with Crippen LogP contribution in [0, 0.1) is 0 Å². The van der Waals surface area contributed by atoms with Gasteiger partial charge in [0.15, 0.2) is 6.61 Å². The molecule has 0 fully saturated rings. The van der Waals surface area contributed by atoms with Crippen molar-refractivity contribution >= 4 is 52.9 Å². The van der Waals surface area contributed by atoms with Crippen molar-refractivity contribution in [1.29, 1.82) is 0 Å². The Morgan fingerprint density at radius 3 is 2.39 bits per heavy atom. The summed E-state index contributed by atoms with van der Waals surface area (Å²) in [4.78, 5) is 24.1. The van der Waals surface area contributed by atoms with Crippen LogP contribution >= 0.6 is 34.8 Å². The average molecular weight is 478 g/mol. The SMILES string of the molecule is O=C(COc1ccc(Cl)cc1)N/N=C/c1cccc(OC(=O)c2ccc(Cl)cc2Cl)c1. The molecule has 1 amide bonds. The van der Waals surface area contributed by atoms with Crippen LogP contribution in [0.1, 0.15) is 15.9 Å². The quantitative estimate of drug-likeness (QED) is 0.214. The van der Waals surface area contributed by atoms with E-state index in [4.69, 9.17) is 44.3 Å². The van der Waals surface area contributed by atoms with Crippen LogP contribution in [-0.4, -0.2) is 24.7 Å². The molecule has 1 N–H and O–H groups in total. The molecular weight excluding hydrogens is 463 g/mol. The number of amides is 1. The van der Waals surface area contributed by atoms with Gasteiger partial charge in [0.1, 0.15) is 11.5 Å². The van der Waals surface area contributed by atoms with E-state index in [0.29, 0.717) is 21.4 Å². The molecule has 0 aromatic heterocycles. The smallest absolute Gasteiger partial charge is 0.345 e. The van der Waals surface area contributed by atoms with Gasteiger partial charge in [0.25, 0.3) is 5.91 Å². The van der Waals surface area contributed by atoms with Crippen LogP contribution in [0.4, 0.5) is 0 Å². The lowest BCUT2D eigenvalue weighted by molar-refractivity contribution is -0.123. The zero-order chi connectivity index (χ0) is 22.2. The van der Waals surface area contributed by atoms with Crippen molar-refractivity contribution in [2.75, 3.05) is 6.61 Å². The Balaban J connectivity index is 1.53. The van der Waals surface area contributed by atoms with Crippen LogP contribution in [0.15, 0.2) is 71.8 Å². The first-order valence-corrected chi connectivity index (χ1v) is 10.0. The summed E-state index contributed by atoms with van der Waals surface area (Å²) in [6, 6.07) is 17.7. The second-order valence-electron chi connectivity index (χ2n) is 6.12. The third-order valence-electron chi connectivity index (χ3n) is 3.81. The molecule has 0 saturated heterocycles. The van der Waals surface area contributed by atoms with Crippen LogP contribution in [0.2, 0.25) is 15.1 Å². The summed E-state index contributed by atoms with van der Waals surface area (Å²) in [5.74, 6) is -0.259. The number of nitrogens with zero attached hydrogens (tertiary/aromatic N) is 1. The van der Waals surface area contributed by atoms with Crippen LogP contribution in [0.5, 0.6) is 11.5 Å². The zero-order valence-corrected chi connectivity index (χ0v) is 18.1. The summed E-state index contributed by atoms with van der Waals surface area (Å²) in [5.41, 5.74) is 3.15. The molecule has 158 valence electrons. The summed E-state index contributed by atoms with van der Waals surface area (Å²) in [6.07, 6.45) is 1.41. The molecule has 0 spiro atoms. The van der Waals surface area contributed by atoms with E-state index in [0.717, 1.165) is 0 Å². The number of nitrogens with one attached hydrogen (secondary N) is 1. The van der Waals surface area contributed by atoms with Crippen molar-refractivity contribution < 1.29 is 19.1 Å². The number of benzene rings is 3.